The molecule has 0 aliphatic rings. The molecule has 0 rings (SSSR count). The molecule has 0 aliphatic heterocycles. The minimum Gasteiger partial charge on any atom is -0.376 e. The predicted octanol–water partition coefficient (Wildman–Crippen LogP) is 1.59. The zero-order valence-electron chi connectivity index (χ0n) is 4.11. The average molecular weight is 120 g/mol. The molecule has 41 valence electrons. The van der Waals surface area contributed by atoms with Gasteiger partial charge in [-0.05, 0) is 6.92 Å². The van der Waals surface area contributed by atoms with Crippen LogP contribution < -0.4 is 0 Å². The molecule has 0 saturated heterocycles. The summed E-state index contributed by atoms with van der Waals surface area (Å²) in [6, 6.07) is 0. The van der Waals surface area contributed by atoms with Gasteiger partial charge in [-0.1, -0.05) is 18.2 Å². The molecule has 0 aromatic heterocycles. The summed E-state index contributed by atoms with van der Waals surface area (Å²) in [4.78, 5) is 0. The standard InChI is InChI=1S/C5H8ClO/c1-3-7-4-5(2)6/h1-4H2. The summed E-state index contributed by atoms with van der Waals surface area (Å²) in [5.74, 6) is 0. The Morgan fingerprint density at radius 1 is 1.71 bits per heavy atom. The molecule has 0 amide bonds. The third kappa shape index (κ3) is 5.99. The van der Waals surface area contributed by atoms with Crippen LogP contribution in [-0.4, -0.2) is 13.2 Å². The second-order valence-electron chi connectivity index (χ2n) is 1.07. The largest absolute Gasteiger partial charge is 0.376 e. The van der Waals surface area contributed by atoms with Gasteiger partial charge in [0.1, 0.15) is 0 Å². The predicted molar refractivity (Wildman–Crippen MR) is 31.2 cm³/mol. The van der Waals surface area contributed by atoms with Crippen LogP contribution in [0.4, 0.5) is 0 Å². The Bertz CT molecular complexity index is 61.1. The zero-order chi connectivity index (χ0) is 5.70. The van der Waals surface area contributed by atoms with E-state index in [1.807, 2.05) is 0 Å². The first-order valence-corrected chi connectivity index (χ1v) is 2.35. The normalized spacial score (nSPS) is 8.86. The van der Waals surface area contributed by atoms with Crippen molar-refractivity contribution in [2.24, 2.45) is 0 Å². The molecule has 0 saturated carbocycles. The van der Waals surface area contributed by atoms with E-state index in [1.165, 1.54) is 0 Å². The Hall–Kier alpha value is -0.0100. The maximum absolute atomic E-state index is 5.31. The van der Waals surface area contributed by atoms with Crippen LogP contribution in [0.5, 0.6) is 0 Å². The number of hydrogen-bond donors (Lipinski definition) is 0. The summed E-state index contributed by atoms with van der Waals surface area (Å²) in [6.07, 6.45) is 0. The van der Waals surface area contributed by atoms with Gasteiger partial charge in [-0.3, -0.25) is 0 Å². The lowest BCUT2D eigenvalue weighted by atomic mass is 10.7. The summed E-state index contributed by atoms with van der Waals surface area (Å²) in [5, 5.41) is 0.517. The van der Waals surface area contributed by atoms with E-state index in [0.29, 0.717) is 18.2 Å². The van der Waals surface area contributed by atoms with Crippen molar-refractivity contribution < 1.29 is 4.74 Å². The van der Waals surface area contributed by atoms with E-state index in [0.717, 1.165) is 0 Å². The van der Waals surface area contributed by atoms with Gasteiger partial charge in [0.05, 0.1) is 6.61 Å². The Balaban J connectivity index is 2.82. The van der Waals surface area contributed by atoms with Crippen molar-refractivity contribution in [3.63, 3.8) is 0 Å². The van der Waals surface area contributed by atoms with Crippen LogP contribution in [0.15, 0.2) is 11.6 Å². The number of rotatable bonds is 3. The highest BCUT2D eigenvalue weighted by molar-refractivity contribution is 6.29. The van der Waals surface area contributed by atoms with Gasteiger partial charge in [0, 0.05) is 11.6 Å². The third-order valence-corrected chi connectivity index (χ3v) is 0.512. The Labute approximate surface area is 48.9 Å². The highest BCUT2D eigenvalue weighted by atomic mass is 35.5. The Morgan fingerprint density at radius 3 is 2.43 bits per heavy atom. The van der Waals surface area contributed by atoms with E-state index < -0.39 is 0 Å². The number of hydrogen-bond acceptors (Lipinski definition) is 1. The van der Waals surface area contributed by atoms with Crippen LogP contribution in [0.1, 0.15) is 0 Å². The Morgan fingerprint density at radius 2 is 2.29 bits per heavy atom. The summed E-state index contributed by atoms with van der Waals surface area (Å²) in [6.45, 7) is 7.70. The molecule has 0 atom stereocenters. The molecule has 0 spiro atoms. The van der Waals surface area contributed by atoms with Crippen LogP contribution in [0.2, 0.25) is 0 Å². The van der Waals surface area contributed by atoms with E-state index in [-0.39, 0.29) is 0 Å². The second kappa shape index (κ2) is 4.16. The molecule has 2 heteroatoms. The minimum absolute atomic E-state index is 0.408. The average Bonchev–Trinajstić information content (AvgIpc) is 1.61. The maximum Gasteiger partial charge on any atom is 0.0817 e. The van der Waals surface area contributed by atoms with E-state index in [1.54, 1.807) is 0 Å². The molecular weight excluding hydrogens is 112 g/mol. The first kappa shape index (κ1) is 6.99. The van der Waals surface area contributed by atoms with Crippen molar-refractivity contribution >= 4 is 11.6 Å². The maximum atomic E-state index is 5.31. The van der Waals surface area contributed by atoms with Crippen LogP contribution in [0.25, 0.3) is 0 Å². The van der Waals surface area contributed by atoms with E-state index in [4.69, 9.17) is 16.3 Å². The fraction of sp³-hybridized carbons (Fsp3) is 0.400. The fourth-order valence-electron chi connectivity index (χ4n) is 0.183. The van der Waals surface area contributed by atoms with Crippen LogP contribution in [-0.2, 0) is 4.74 Å². The first-order chi connectivity index (χ1) is 3.27. The molecule has 0 bridgehead atoms. The van der Waals surface area contributed by atoms with E-state index >= 15 is 0 Å². The van der Waals surface area contributed by atoms with Gasteiger partial charge in [0.2, 0.25) is 0 Å². The summed E-state index contributed by atoms with van der Waals surface area (Å²) >= 11 is 5.31. The second-order valence-corrected chi connectivity index (χ2v) is 1.60. The Kier molecular flexibility index (Phi) is 4.15. The highest BCUT2D eigenvalue weighted by Gasteiger charge is 1.82. The van der Waals surface area contributed by atoms with Crippen molar-refractivity contribution in [2.75, 3.05) is 13.2 Å². The van der Waals surface area contributed by atoms with Gasteiger partial charge in [-0.2, -0.15) is 0 Å². The van der Waals surface area contributed by atoms with Gasteiger partial charge in [-0.15, -0.1) is 0 Å². The lowest BCUT2D eigenvalue weighted by Crippen LogP contribution is -1.90. The monoisotopic (exact) mass is 119 g/mol. The molecule has 0 fully saturated rings. The van der Waals surface area contributed by atoms with Gasteiger partial charge < -0.3 is 4.74 Å². The van der Waals surface area contributed by atoms with Gasteiger partial charge in [0.25, 0.3) is 0 Å². The smallest absolute Gasteiger partial charge is 0.0817 e. The lowest BCUT2D eigenvalue weighted by Gasteiger charge is -1.93. The fourth-order valence-corrected chi connectivity index (χ4v) is 0.260. The molecule has 1 nitrogen and oxygen atoms in total. The van der Waals surface area contributed by atoms with Gasteiger partial charge in [-0.25, -0.2) is 0 Å². The minimum atomic E-state index is 0.408. The van der Waals surface area contributed by atoms with Gasteiger partial charge in [0.15, 0.2) is 0 Å². The molecule has 0 aromatic rings. The molecular formula is C5H8ClO. The molecule has 0 unspecified atom stereocenters. The zero-order valence-corrected chi connectivity index (χ0v) is 4.87. The summed E-state index contributed by atoms with van der Waals surface area (Å²) < 4.78 is 4.75. The molecule has 7 heavy (non-hydrogen) atoms. The number of halogens is 1. The number of ether oxygens (including phenoxy) is 1. The van der Waals surface area contributed by atoms with Crippen LogP contribution in [0.3, 0.4) is 0 Å². The van der Waals surface area contributed by atoms with Crippen molar-refractivity contribution in [1.82, 2.24) is 0 Å². The van der Waals surface area contributed by atoms with Crippen molar-refractivity contribution in [3.8, 4) is 0 Å². The quantitative estimate of drug-likeness (QED) is 0.548. The molecule has 0 aliphatic carbocycles. The van der Waals surface area contributed by atoms with Crippen LogP contribution in [0, 0.1) is 6.92 Å². The molecule has 1 radical (unpaired) electrons. The van der Waals surface area contributed by atoms with Crippen LogP contribution >= 0.6 is 11.6 Å². The highest BCUT2D eigenvalue weighted by Crippen LogP contribution is 1.94. The summed E-state index contributed by atoms with van der Waals surface area (Å²) in [5.41, 5.74) is 0. The van der Waals surface area contributed by atoms with Crippen molar-refractivity contribution in [1.29, 1.82) is 0 Å². The SMILES string of the molecule is [CH2]COCC(=C)Cl. The molecule has 0 N–H and O–H groups in total. The summed E-state index contributed by atoms with van der Waals surface area (Å²) in [7, 11) is 0. The first-order valence-electron chi connectivity index (χ1n) is 1.97. The molecule has 0 heterocycles. The molecule has 0 aromatic carbocycles. The third-order valence-electron chi connectivity index (χ3n) is 0.403. The van der Waals surface area contributed by atoms with E-state index in [9.17, 15) is 0 Å². The van der Waals surface area contributed by atoms with Gasteiger partial charge >= 0.3 is 0 Å². The van der Waals surface area contributed by atoms with Crippen molar-refractivity contribution in [2.45, 2.75) is 0 Å². The lowest BCUT2D eigenvalue weighted by molar-refractivity contribution is 0.190. The van der Waals surface area contributed by atoms with E-state index in [2.05, 4.69) is 13.5 Å². The van der Waals surface area contributed by atoms with Crippen molar-refractivity contribution in [3.05, 3.63) is 18.5 Å². The topological polar surface area (TPSA) is 9.23 Å².